The van der Waals surface area contributed by atoms with E-state index in [9.17, 15) is 9.59 Å². The maximum atomic E-state index is 12.7. The molecule has 1 saturated heterocycles. The average Bonchev–Trinajstić information content (AvgIpc) is 3.16. The topological polar surface area (TPSA) is 62.2 Å². The molecule has 2 amide bonds. The standard InChI is InChI=1S/C20H27N3O3/c1-15(2)8-9-19(24)22-10-12-23(13-11-22)20(25)17-14-18(26-21-17)16-6-4-3-5-7-16/h3-7,15,18H,8-14H2,1-2H3. The van der Waals surface area contributed by atoms with E-state index in [1.165, 1.54) is 0 Å². The Morgan fingerprint density at radius 1 is 1.12 bits per heavy atom. The van der Waals surface area contributed by atoms with Crippen molar-refractivity contribution < 1.29 is 14.4 Å². The number of amides is 2. The molecule has 3 rings (SSSR count). The fourth-order valence-electron chi connectivity index (χ4n) is 3.26. The lowest BCUT2D eigenvalue weighted by atomic mass is 10.0. The van der Waals surface area contributed by atoms with Crippen LogP contribution in [0.5, 0.6) is 0 Å². The van der Waals surface area contributed by atoms with Crippen LogP contribution >= 0.6 is 0 Å². The number of oxime groups is 1. The van der Waals surface area contributed by atoms with Gasteiger partial charge in [-0.1, -0.05) is 49.3 Å². The van der Waals surface area contributed by atoms with Crippen molar-refractivity contribution in [3.8, 4) is 0 Å². The van der Waals surface area contributed by atoms with Crippen LogP contribution in [-0.2, 0) is 14.4 Å². The van der Waals surface area contributed by atoms with Crippen LogP contribution in [0, 0.1) is 5.92 Å². The first-order valence-electron chi connectivity index (χ1n) is 9.39. The average molecular weight is 357 g/mol. The largest absolute Gasteiger partial charge is 0.387 e. The van der Waals surface area contributed by atoms with Gasteiger partial charge in [0.2, 0.25) is 5.91 Å². The number of piperazine rings is 1. The molecular weight excluding hydrogens is 330 g/mol. The van der Waals surface area contributed by atoms with Gasteiger partial charge in [0.1, 0.15) is 5.71 Å². The van der Waals surface area contributed by atoms with Crippen molar-refractivity contribution in [2.45, 2.75) is 39.2 Å². The van der Waals surface area contributed by atoms with Gasteiger partial charge < -0.3 is 14.6 Å². The van der Waals surface area contributed by atoms with E-state index in [1.807, 2.05) is 35.2 Å². The van der Waals surface area contributed by atoms with Gasteiger partial charge in [-0.3, -0.25) is 9.59 Å². The van der Waals surface area contributed by atoms with E-state index >= 15 is 0 Å². The monoisotopic (exact) mass is 357 g/mol. The van der Waals surface area contributed by atoms with Crippen LogP contribution in [0.2, 0.25) is 0 Å². The Balaban J connectivity index is 1.48. The Labute approximate surface area is 154 Å². The summed E-state index contributed by atoms with van der Waals surface area (Å²) in [4.78, 5) is 34.0. The molecule has 0 spiro atoms. The molecule has 1 aromatic carbocycles. The normalized spacial score (nSPS) is 20.1. The number of benzene rings is 1. The van der Waals surface area contributed by atoms with Crippen molar-refractivity contribution in [2.75, 3.05) is 26.2 Å². The van der Waals surface area contributed by atoms with Crippen LogP contribution in [0.25, 0.3) is 0 Å². The second-order valence-electron chi connectivity index (χ2n) is 7.35. The Hall–Kier alpha value is -2.37. The quantitative estimate of drug-likeness (QED) is 0.814. The summed E-state index contributed by atoms with van der Waals surface area (Å²) in [7, 11) is 0. The molecule has 2 aliphatic rings. The Bertz CT molecular complexity index is 664. The number of rotatable bonds is 5. The van der Waals surface area contributed by atoms with Crippen molar-refractivity contribution in [3.05, 3.63) is 35.9 Å². The lowest BCUT2D eigenvalue weighted by molar-refractivity contribution is -0.136. The van der Waals surface area contributed by atoms with Crippen LogP contribution in [0.1, 0.15) is 44.8 Å². The highest BCUT2D eigenvalue weighted by Crippen LogP contribution is 2.27. The summed E-state index contributed by atoms with van der Waals surface area (Å²) in [5, 5.41) is 4.02. The molecule has 6 nitrogen and oxygen atoms in total. The third-order valence-corrected chi connectivity index (χ3v) is 4.94. The molecule has 0 N–H and O–H groups in total. The zero-order valence-electron chi connectivity index (χ0n) is 15.6. The fourth-order valence-corrected chi connectivity index (χ4v) is 3.26. The second kappa shape index (κ2) is 8.34. The first kappa shape index (κ1) is 18.4. The van der Waals surface area contributed by atoms with Crippen LogP contribution in [0.4, 0.5) is 0 Å². The van der Waals surface area contributed by atoms with Crippen LogP contribution in [0.15, 0.2) is 35.5 Å². The van der Waals surface area contributed by atoms with E-state index in [1.54, 1.807) is 4.90 Å². The van der Waals surface area contributed by atoms with Crippen LogP contribution in [-0.4, -0.2) is 53.5 Å². The minimum atomic E-state index is -0.186. The van der Waals surface area contributed by atoms with Gasteiger partial charge in [-0.05, 0) is 17.9 Å². The van der Waals surface area contributed by atoms with Crippen molar-refractivity contribution in [2.24, 2.45) is 11.1 Å². The Morgan fingerprint density at radius 2 is 1.77 bits per heavy atom. The van der Waals surface area contributed by atoms with Gasteiger partial charge in [-0.15, -0.1) is 0 Å². The number of nitrogens with zero attached hydrogens (tertiary/aromatic N) is 3. The van der Waals surface area contributed by atoms with Crippen molar-refractivity contribution >= 4 is 17.5 Å². The molecule has 1 unspecified atom stereocenters. The summed E-state index contributed by atoms with van der Waals surface area (Å²) in [6.07, 6.45) is 1.81. The highest BCUT2D eigenvalue weighted by atomic mass is 16.6. The molecule has 2 aliphatic heterocycles. The molecule has 0 radical (unpaired) electrons. The zero-order valence-corrected chi connectivity index (χ0v) is 15.6. The molecule has 1 aromatic rings. The van der Waals surface area contributed by atoms with Gasteiger partial charge in [-0.25, -0.2) is 0 Å². The van der Waals surface area contributed by atoms with E-state index < -0.39 is 0 Å². The lowest BCUT2D eigenvalue weighted by Gasteiger charge is -2.34. The fraction of sp³-hybridized carbons (Fsp3) is 0.550. The van der Waals surface area contributed by atoms with E-state index in [2.05, 4.69) is 19.0 Å². The first-order chi connectivity index (χ1) is 12.5. The Kier molecular flexibility index (Phi) is 5.91. The van der Waals surface area contributed by atoms with E-state index in [4.69, 9.17) is 4.84 Å². The number of hydrogen-bond donors (Lipinski definition) is 0. The lowest BCUT2D eigenvalue weighted by Crippen LogP contribution is -2.52. The molecule has 140 valence electrons. The van der Waals surface area contributed by atoms with Gasteiger partial charge in [0.05, 0.1) is 0 Å². The molecule has 1 fully saturated rings. The maximum absolute atomic E-state index is 12.7. The first-order valence-corrected chi connectivity index (χ1v) is 9.39. The predicted molar refractivity (Wildman–Crippen MR) is 99.6 cm³/mol. The van der Waals surface area contributed by atoms with Gasteiger partial charge in [0.15, 0.2) is 6.10 Å². The van der Waals surface area contributed by atoms with Crippen molar-refractivity contribution in [1.29, 1.82) is 0 Å². The summed E-state index contributed by atoms with van der Waals surface area (Å²) in [6.45, 7) is 6.55. The molecule has 6 heteroatoms. The predicted octanol–water partition coefficient (Wildman–Crippen LogP) is 2.61. The van der Waals surface area contributed by atoms with Gasteiger partial charge in [-0.2, -0.15) is 0 Å². The molecular formula is C20H27N3O3. The summed E-state index contributed by atoms with van der Waals surface area (Å²) in [5.74, 6) is 0.647. The summed E-state index contributed by atoms with van der Waals surface area (Å²) < 4.78 is 0. The van der Waals surface area contributed by atoms with Crippen molar-refractivity contribution in [3.63, 3.8) is 0 Å². The smallest absolute Gasteiger partial charge is 0.271 e. The minimum Gasteiger partial charge on any atom is -0.387 e. The molecule has 0 bridgehead atoms. The van der Waals surface area contributed by atoms with E-state index in [0.29, 0.717) is 50.7 Å². The van der Waals surface area contributed by atoms with Gasteiger partial charge in [0, 0.05) is 39.0 Å². The molecule has 0 saturated carbocycles. The third-order valence-electron chi connectivity index (χ3n) is 4.94. The molecule has 26 heavy (non-hydrogen) atoms. The van der Waals surface area contributed by atoms with Crippen LogP contribution in [0.3, 0.4) is 0 Å². The third kappa shape index (κ3) is 4.42. The number of carbonyl (C=O) groups excluding carboxylic acids is 2. The van der Waals surface area contributed by atoms with Crippen LogP contribution < -0.4 is 0 Å². The van der Waals surface area contributed by atoms with Crippen molar-refractivity contribution in [1.82, 2.24) is 9.80 Å². The Morgan fingerprint density at radius 3 is 2.42 bits per heavy atom. The highest BCUT2D eigenvalue weighted by Gasteiger charge is 2.32. The summed E-state index contributed by atoms with van der Waals surface area (Å²) >= 11 is 0. The summed E-state index contributed by atoms with van der Waals surface area (Å²) in [6, 6.07) is 9.82. The molecule has 2 heterocycles. The molecule has 0 aromatic heterocycles. The van der Waals surface area contributed by atoms with E-state index in [-0.39, 0.29) is 17.9 Å². The minimum absolute atomic E-state index is 0.0716. The van der Waals surface area contributed by atoms with Gasteiger partial charge >= 0.3 is 0 Å². The molecule has 1 atom stereocenters. The molecule has 0 aliphatic carbocycles. The zero-order chi connectivity index (χ0) is 18.5. The van der Waals surface area contributed by atoms with Gasteiger partial charge in [0.25, 0.3) is 5.91 Å². The number of carbonyl (C=O) groups is 2. The second-order valence-corrected chi connectivity index (χ2v) is 7.35. The SMILES string of the molecule is CC(C)CCC(=O)N1CCN(C(=O)C2=NOC(c3ccccc3)C2)CC1. The highest BCUT2D eigenvalue weighted by molar-refractivity contribution is 6.39. The number of hydrogen-bond acceptors (Lipinski definition) is 4. The maximum Gasteiger partial charge on any atom is 0.271 e. The summed E-state index contributed by atoms with van der Waals surface area (Å²) in [5.41, 5.74) is 1.50. The van der Waals surface area contributed by atoms with E-state index in [0.717, 1.165) is 12.0 Å².